The van der Waals surface area contributed by atoms with Crippen molar-refractivity contribution < 1.29 is 9.00 Å². The fourth-order valence-corrected chi connectivity index (χ4v) is 3.82. The van der Waals surface area contributed by atoms with Crippen LogP contribution in [0.4, 0.5) is 0 Å². The first-order valence-electron chi connectivity index (χ1n) is 5.73. The number of hydrogen-bond donors (Lipinski definition) is 0. The zero-order chi connectivity index (χ0) is 12.6. The molecule has 0 aliphatic heterocycles. The van der Waals surface area contributed by atoms with Crippen molar-refractivity contribution in [3.63, 3.8) is 0 Å². The van der Waals surface area contributed by atoms with Crippen molar-refractivity contribution in [1.82, 2.24) is 0 Å². The number of ketones is 1. The first kappa shape index (κ1) is 12.2. The highest BCUT2D eigenvalue weighted by atomic mass is 32.2. The molecule has 0 fully saturated rings. The van der Waals surface area contributed by atoms with E-state index in [1.807, 2.05) is 39.0 Å². The molecule has 90 valence electrons. The minimum absolute atomic E-state index is 0.0303. The Hall–Kier alpha value is -1.22. The van der Waals surface area contributed by atoms with Crippen molar-refractivity contribution in [3.05, 3.63) is 39.8 Å². The van der Waals surface area contributed by atoms with Gasteiger partial charge in [0.15, 0.2) is 5.78 Å². The van der Waals surface area contributed by atoms with Crippen LogP contribution in [-0.4, -0.2) is 9.99 Å². The number of hydrogen-bond acceptors (Lipinski definition) is 2. The van der Waals surface area contributed by atoms with E-state index >= 15 is 0 Å². The summed E-state index contributed by atoms with van der Waals surface area (Å²) in [5, 5.41) is 0. The van der Waals surface area contributed by atoms with Crippen LogP contribution >= 0.6 is 0 Å². The highest BCUT2D eigenvalue weighted by Gasteiger charge is 2.24. The van der Waals surface area contributed by atoms with Gasteiger partial charge in [0.05, 0.1) is 15.7 Å². The molecular weight excluding hydrogens is 232 g/mol. The van der Waals surface area contributed by atoms with Crippen molar-refractivity contribution in [2.24, 2.45) is 0 Å². The van der Waals surface area contributed by atoms with E-state index in [2.05, 4.69) is 0 Å². The summed E-state index contributed by atoms with van der Waals surface area (Å²) in [5.74, 6) is 0.0303. The number of rotatable bonds is 2. The van der Waals surface area contributed by atoms with Crippen molar-refractivity contribution in [3.8, 4) is 0 Å². The summed E-state index contributed by atoms with van der Waals surface area (Å²) in [4.78, 5) is 12.9. The smallest absolute Gasteiger partial charge is 0.172 e. The highest BCUT2D eigenvalue weighted by Crippen LogP contribution is 2.27. The maximum Gasteiger partial charge on any atom is 0.172 e. The van der Waals surface area contributed by atoms with Gasteiger partial charge in [0.2, 0.25) is 0 Å². The summed E-state index contributed by atoms with van der Waals surface area (Å²) in [6.45, 7) is 5.92. The molecule has 0 aromatic heterocycles. The van der Waals surface area contributed by atoms with Crippen LogP contribution in [0.1, 0.15) is 29.5 Å². The van der Waals surface area contributed by atoms with Gasteiger partial charge in [0.25, 0.3) is 0 Å². The Morgan fingerprint density at radius 3 is 2.18 bits per heavy atom. The third-order valence-corrected chi connectivity index (χ3v) is 4.77. The predicted octanol–water partition coefficient (Wildman–Crippen LogP) is 2.97. The summed E-state index contributed by atoms with van der Waals surface area (Å²) < 4.78 is 12.4. The SMILES string of the molecule is Cc1cc(C)c(S(=O)C2=CCCC2=O)c(C)c1. The van der Waals surface area contributed by atoms with Crippen molar-refractivity contribution >= 4 is 16.6 Å². The molecule has 0 N–H and O–H groups in total. The lowest BCUT2D eigenvalue weighted by Crippen LogP contribution is -2.06. The molecule has 0 radical (unpaired) electrons. The lowest BCUT2D eigenvalue weighted by Gasteiger charge is -2.11. The molecule has 1 aliphatic rings. The number of aryl methyl sites for hydroxylation is 3. The Labute approximate surface area is 104 Å². The van der Waals surface area contributed by atoms with E-state index < -0.39 is 10.8 Å². The van der Waals surface area contributed by atoms with E-state index in [9.17, 15) is 9.00 Å². The molecular formula is C14H16O2S. The number of allylic oxidation sites excluding steroid dienone is 2. The minimum atomic E-state index is -1.31. The molecule has 1 atom stereocenters. The standard InChI is InChI=1S/C14H16O2S/c1-9-7-10(2)14(11(3)8-9)17(16)13-6-4-5-12(13)15/h6-8H,4-5H2,1-3H3. The van der Waals surface area contributed by atoms with Gasteiger partial charge in [-0.25, -0.2) is 4.21 Å². The lowest BCUT2D eigenvalue weighted by atomic mass is 10.1. The molecule has 0 spiro atoms. The minimum Gasteiger partial charge on any atom is -0.294 e. The quantitative estimate of drug-likeness (QED) is 0.806. The van der Waals surface area contributed by atoms with Crippen molar-refractivity contribution in [2.75, 3.05) is 0 Å². The summed E-state index contributed by atoms with van der Waals surface area (Å²) in [7, 11) is -1.31. The number of benzene rings is 1. The number of carbonyl (C=O) groups excluding carboxylic acids is 1. The van der Waals surface area contributed by atoms with Crippen molar-refractivity contribution in [2.45, 2.75) is 38.5 Å². The summed E-state index contributed by atoms with van der Waals surface area (Å²) in [5.41, 5.74) is 3.16. The molecule has 17 heavy (non-hydrogen) atoms. The topological polar surface area (TPSA) is 34.1 Å². The first-order chi connectivity index (χ1) is 8.00. The molecule has 0 saturated heterocycles. The Morgan fingerprint density at radius 2 is 1.71 bits per heavy atom. The Morgan fingerprint density at radius 1 is 1.12 bits per heavy atom. The van der Waals surface area contributed by atoms with Crippen LogP contribution in [0.2, 0.25) is 0 Å². The Bertz CT molecular complexity index is 518. The summed E-state index contributed by atoms with van der Waals surface area (Å²) >= 11 is 0. The van der Waals surface area contributed by atoms with E-state index in [4.69, 9.17) is 0 Å². The molecule has 1 aromatic rings. The van der Waals surface area contributed by atoms with Gasteiger partial charge in [-0.05, 0) is 38.3 Å². The summed E-state index contributed by atoms with van der Waals surface area (Å²) in [6, 6.07) is 4.03. The molecule has 0 heterocycles. The fraction of sp³-hybridized carbons (Fsp3) is 0.357. The number of Topliss-reactive ketones (excluding diaryl/α,β-unsaturated/α-hetero) is 1. The van der Waals surface area contributed by atoms with Crippen LogP contribution in [-0.2, 0) is 15.6 Å². The second-order valence-electron chi connectivity index (χ2n) is 4.53. The largest absolute Gasteiger partial charge is 0.294 e. The van der Waals surface area contributed by atoms with Gasteiger partial charge >= 0.3 is 0 Å². The third-order valence-electron chi connectivity index (χ3n) is 2.97. The van der Waals surface area contributed by atoms with Crippen LogP contribution in [0.3, 0.4) is 0 Å². The average molecular weight is 248 g/mol. The predicted molar refractivity (Wildman–Crippen MR) is 69.4 cm³/mol. The van der Waals surface area contributed by atoms with Crippen LogP contribution in [0, 0.1) is 20.8 Å². The second-order valence-corrected chi connectivity index (χ2v) is 5.91. The van der Waals surface area contributed by atoms with Crippen LogP contribution < -0.4 is 0 Å². The average Bonchev–Trinajstić information content (AvgIpc) is 2.62. The van der Waals surface area contributed by atoms with Crippen LogP contribution in [0.5, 0.6) is 0 Å². The van der Waals surface area contributed by atoms with Gasteiger partial charge in [0.1, 0.15) is 0 Å². The molecule has 0 bridgehead atoms. The maximum atomic E-state index is 12.4. The molecule has 0 saturated carbocycles. The normalized spacial score (nSPS) is 17.1. The zero-order valence-electron chi connectivity index (χ0n) is 10.4. The molecule has 2 nitrogen and oxygen atoms in total. The highest BCUT2D eigenvalue weighted by molar-refractivity contribution is 7.90. The Balaban J connectivity index is 2.48. The third kappa shape index (κ3) is 2.25. The second kappa shape index (κ2) is 4.57. The van der Waals surface area contributed by atoms with Crippen LogP contribution in [0.25, 0.3) is 0 Å². The van der Waals surface area contributed by atoms with Gasteiger partial charge in [-0.1, -0.05) is 23.8 Å². The van der Waals surface area contributed by atoms with E-state index in [1.165, 1.54) is 0 Å². The van der Waals surface area contributed by atoms with E-state index in [0.29, 0.717) is 11.3 Å². The van der Waals surface area contributed by atoms with Gasteiger partial charge in [0, 0.05) is 11.3 Å². The zero-order valence-corrected chi connectivity index (χ0v) is 11.2. The van der Waals surface area contributed by atoms with Gasteiger partial charge in [-0.15, -0.1) is 0 Å². The molecule has 2 rings (SSSR count). The molecule has 0 amide bonds. The molecule has 1 aliphatic carbocycles. The van der Waals surface area contributed by atoms with Gasteiger partial charge in [-0.3, -0.25) is 4.79 Å². The van der Waals surface area contributed by atoms with Crippen LogP contribution in [0.15, 0.2) is 28.0 Å². The monoisotopic (exact) mass is 248 g/mol. The van der Waals surface area contributed by atoms with Gasteiger partial charge in [-0.2, -0.15) is 0 Å². The van der Waals surface area contributed by atoms with E-state index in [1.54, 1.807) is 0 Å². The Kier molecular flexibility index (Phi) is 3.29. The molecule has 1 unspecified atom stereocenters. The first-order valence-corrected chi connectivity index (χ1v) is 6.88. The van der Waals surface area contributed by atoms with E-state index in [-0.39, 0.29) is 5.78 Å². The molecule has 3 heteroatoms. The maximum absolute atomic E-state index is 12.4. The fourth-order valence-electron chi connectivity index (χ4n) is 2.32. The lowest BCUT2D eigenvalue weighted by molar-refractivity contribution is -0.114. The van der Waals surface area contributed by atoms with Crippen molar-refractivity contribution in [1.29, 1.82) is 0 Å². The summed E-state index contributed by atoms with van der Waals surface area (Å²) in [6.07, 6.45) is 3.05. The number of carbonyl (C=O) groups is 1. The van der Waals surface area contributed by atoms with Gasteiger partial charge < -0.3 is 0 Å². The van der Waals surface area contributed by atoms with E-state index in [0.717, 1.165) is 28.0 Å². The molecule has 1 aromatic carbocycles.